The van der Waals surface area contributed by atoms with E-state index in [1.165, 1.54) is 11.3 Å². The smallest absolute Gasteiger partial charge is 0.184 e. The number of rotatable bonds is 5. The molecular formula is C17H15NO3S2. The second-order valence-corrected chi connectivity index (χ2v) is 7.80. The van der Waals surface area contributed by atoms with Crippen molar-refractivity contribution in [2.24, 2.45) is 0 Å². The van der Waals surface area contributed by atoms with Crippen LogP contribution >= 0.6 is 11.3 Å². The molecule has 1 aromatic heterocycles. The predicted molar refractivity (Wildman–Crippen MR) is 91.4 cm³/mol. The first kappa shape index (κ1) is 15.7. The Morgan fingerprint density at radius 2 is 1.87 bits per heavy atom. The Bertz CT molecular complexity index is 902. The minimum atomic E-state index is -3.38. The Morgan fingerprint density at radius 3 is 2.61 bits per heavy atom. The molecule has 0 atom stereocenters. The van der Waals surface area contributed by atoms with E-state index in [4.69, 9.17) is 4.74 Å². The van der Waals surface area contributed by atoms with E-state index in [-0.39, 0.29) is 5.75 Å². The van der Waals surface area contributed by atoms with Crippen molar-refractivity contribution < 1.29 is 13.2 Å². The molecule has 0 aliphatic carbocycles. The first-order valence-electron chi connectivity index (χ1n) is 6.95. The first-order chi connectivity index (χ1) is 11.1. The Hall–Kier alpha value is -2.18. The van der Waals surface area contributed by atoms with Crippen molar-refractivity contribution in [1.29, 1.82) is 0 Å². The lowest BCUT2D eigenvalue weighted by atomic mass is 10.2. The van der Waals surface area contributed by atoms with Crippen molar-refractivity contribution in [3.63, 3.8) is 0 Å². The molecule has 118 valence electrons. The molecule has 1 heterocycles. The van der Waals surface area contributed by atoms with Gasteiger partial charge in [0.05, 0.1) is 23.5 Å². The fourth-order valence-corrected chi connectivity index (χ4v) is 4.37. The second-order valence-electron chi connectivity index (χ2n) is 4.95. The highest BCUT2D eigenvalue weighted by atomic mass is 32.2. The molecule has 2 aromatic carbocycles. The Morgan fingerprint density at radius 1 is 1.09 bits per heavy atom. The predicted octanol–water partition coefficient (Wildman–Crippen LogP) is 3.79. The van der Waals surface area contributed by atoms with Gasteiger partial charge in [0.15, 0.2) is 9.84 Å². The molecule has 0 aliphatic heterocycles. The van der Waals surface area contributed by atoms with E-state index in [9.17, 15) is 8.42 Å². The van der Waals surface area contributed by atoms with E-state index in [0.29, 0.717) is 10.6 Å². The molecule has 0 unspecified atom stereocenters. The van der Waals surface area contributed by atoms with Gasteiger partial charge in [-0.05, 0) is 24.3 Å². The first-order valence-corrected chi connectivity index (χ1v) is 9.48. The van der Waals surface area contributed by atoms with E-state index in [1.54, 1.807) is 42.8 Å². The molecule has 4 nitrogen and oxygen atoms in total. The number of nitrogens with zero attached hydrogens (tertiary/aromatic N) is 1. The third kappa shape index (κ3) is 3.60. The summed E-state index contributed by atoms with van der Waals surface area (Å²) in [6, 6.07) is 16.0. The average Bonchev–Trinajstić information content (AvgIpc) is 3.03. The lowest BCUT2D eigenvalue weighted by molar-refractivity contribution is 0.415. The summed E-state index contributed by atoms with van der Waals surface area (Å²) in [5.74, 6) is 0.647. The van der Waals surface area contributed by atoms with E-state index in [1.807, 2.05) is 24.3 Å². The number of sulfone groups is 1. The van der Waals surface area contributed by atoms with Crippen molar-refractivity contribution in [2.75, 3.05) is 7.11 Å². The van der Waals surface area contributed by atoms with E-state index < -0.39 is 9.84 Å². The van der Waals surface area contributed by atoms with Gasteiger partial charge in [0.25, 0.3) is 0 Å². The summed E-state index contributed by atoms with van der Waals surface area (Å²) in [6.45, 7) is 0. The Labute approximate surface area is 139 Å². The summed E-state index contributed by atoms with van der Waals surface area (Å²) in [4.78, 5) is 4.77. The van der Waals surface area contributed by atoms with Crippen LogP contribution in [0, 0.1) is 0 Å². The SMILES string of the molecule is COc1cccc(-c2nc(CS(=O)(=O)c3ccccc3)cs2)c1. The molecule has 6 heteroatoms. The highest BCUT2D eigenvalue weighted by molar-refractivity contribution is 7.90. The summed E-state index contributed by atoms with van der Waals surface area (Å²) < 4.78 is 30.0. The molecule has 0 saturated carbocycles. The maximum absolute atomic E-state index is 12.4. The quantitative estimate of drug-likeness (QED) is 0.706. The van der Waals surface area contributed by atoms with Crippen molar-refractivity contribution in [1.82, 2.24) is 4.98 Å². The van der Waals surface area contributed by atoms with Crippen LogP contribution in [0.1, 0.15) is 5.69 Å². The Balaban J connectivity index is 1.85. The Kier molecular flexibility index (Phi) is 4.45. The van der Waals surface area contributed by atoms with Gasteiger partial charge in [-0.1, -0.05) is 30.3 Å². The topological polar surface area (TPSA) is 56.3 Å². The van der Waals surface area contributed by atoms with Crippen LogP contribution in [0.2, 0.25) is 0 Å². The van der Waals surface area contributed by atoms with Gasteiger partial charge in [0.1, 0.15) is 10.8 Å². The van der Waals surface area contributed by atoms with Crippen molar-refractivity contribution in [2.45, 2.75) is 10.6 Å². The van der Waals surface area contributed by atoms with Gasteiger partial charge in [0.2, 0.25) is 0 Å². The van der Waals surface area contributed by atoms with Gasteiger partial charge < -0.3 is 4.74 Å². The zero-order chi connectivity index (χ0) is 16.3. The molecule has 0 bridgehead atoms. The fourth-order valence-electron chi connectivity index (χ4n) is 2.17. The number of hydrogen-bond acceptors (Lipinski definition) is 5. The van der Waals surface area contributed by atoms with Crippen molar-refractivity contribution in [3.05, 3.63) is 65.7 Å². The summed E-state index contributed by atoms with van der Waals surface area (Å²) >= 11 is 1.43. The maximum Gasteiger partial charge on any atom is 0.184 e. The van der Waals surface area contributed by atoms with E-state index in [0.717, 1.165) is 16.3 Å². The van der Waals surface area contributed by atoms with Gasteiger partial charge in [-0.3, -0.25) is 0 Å². The van der Waals surface area contributed by atoms with Crippen LogP contribution in [-0.4, -0.2) is 20.5 Å². The molecule has 0 N–H and O–H groups in total. The molecule has 0 aliphatic rings. The van der Waals surface area contributed by atoms with E-state index in [2.05, 4.69) is 4.98 Å². The van der Waals surface area contributed by atoms with Crippen LogP contribution in [0.15, 0.2) is 64.9 Å². The highest BCUT2D eigenvalue weighted by Crippen LogP contribution is 2.28. The molecule has 0 radical (unpaired) electrons. The molecular weight excluding hydrogens is 330 g/mol. The monoisotopic (exact) mass is 345 g/mol. The van der Waals surface area contributed by atoms with Crippen molar-refractivity contribution >= 4 is 21.2 Å². The lowest BCUT2D eigenvalue weighted by Gasteiger charge is -2.02. The van der Waals surface area contributed by atoms with Crippen molar-refractivity contribution in [3.8, 4) is 16.3 Å². The largest absolute Gasteiger partial charge is 0.497 e. The van der Waals surface area contributed by atoms with Gasteiger partial charge in [-0.2, -0.15) is 0 Å². The minimum Gasteiger partial charge on any atom is -0.497 e. The van der Waals surface area contributed by atoms with Crippen LogP contribution in [0.25, 0.3) is 10.6 Å². The second kappa shape index (κ2) is 6.52. The molecule has 0 fully saturated rings. The highest BCUT2D eigenvalue weighted by Gasteiger charge is 2.17. The number of hydrogen-bond donors (Lipinski definition) is 0. The number of ether oxygens (including phenoxy) is 1. The molecule has 23 heavy (non-hydrogen) atoms. The third-order valence-electron chi connectivity index (χ3n) is 3.31. The van der Waals surface area contributed by atoms with Crippen LogP contribution in [0.4, 0.5) is 0 Å². The summed E-state index contributed by atoms with van der Waals surface area (Å²) in [5.41, 5.74) is 1.47. The minimum absolute atomic E-state index is 0.0997. The molecule has 0 saturated heterocycles. The van der Waals surface area contributed by atoms with Crippen LogP contribution in [-0.2, 0) is 15.6 Å². The third-order valence-corrected chi connectivity index (χ3v) is 5.92. The molecule has 0 spiro atoms. The summed E-state index contributed by atoms with van der Waals surface area (Å²) in [6.07, 6.45) is 0. The fraction of sp³-hybridized carbons (Fsp3) is 0.118. The zero-order valence-corrected chi connectivity index (χ0v) is 14.1. The van der Waals surface area contributed by atoms with Gasteiger partial charge in [-0.15, -0.1) is 11.3 Å². The van der Waals surface area contributed by atoms with Crippen LogP contribution < -0.4 is 4.74 Å². The number of methoxy groups -OCH3 is 1. The van der Waals surface area contributed by atoms with Gasteiger partial charge in [-0.25, -0.2) is 13.4 Å². The lowest BCUT2D eigenvalue weighted by Crippen LogP contribution is -2.05. The molecule has 0 amide bonds. The van der Waals surface area contributed by atoms with E-state index >= 15 is 0 Å². The summed E-state index contributed by atoms with van der Waals surface area (Å²) in [7, 11) is -1.77. The van der Waals surface area contributed by atoms with Gasteiger partial charge in [0, 0.05) is 10.9 Å². The maximum atomic E-state index is 12.4. The number of thiazole rings is 1. The normalized spacial score (nSPS) is 11.3. The molecule has 3 aromatic rings. The number of aromatic nitrogens is 1. The number of benzene rings is 2. The average molecular weight is 345 g/mol. The molecule has 3 rings (SSSR count). The van der Waals surface area contributed by atoms with Crippen LogP contribution in [0.3, 0.4) is 0 Å². The van der Waals surface area contributed by atoms with Gasteiger partial charge >= 0.3 is 0 Å². The zero-order valence-electron chi connectivity index (χ0n) is 12.5. The standard InChI is InChI=1S/C17H15NO3S2/c1-21-15-7-5-6-13(10-15)17-18-14(11-22-17)12-23(19,20)16-8-3-2-4-9-16/h2-11H,12H2,1H3. The van der Waals surface area contributed by atoms with Crippen LogP contribution in [0.5, 0.6) is 5.75 Å². The summed E-state index contributed by atoms with van der Waals surface area (Å²) in [5, 5.41) is 2.57.